The summed E-state index contributed by atoms with van der Waals surface area (Å²) in [5.41, 5.74) is -0.00456. The van der Waals surface area contributed by atoms with Gasteiger partial charge in [-0.1, -0.05) is 20.8 Å². The molecule has 1 atom stereocenters. The predicted octanol–water partition coefficient (Wildman–Crippen LogP) is 1.37. The quantitative estimate of drug-likeness (QED) is 0.738. The van der Waals surface area contributed by atoms with Gasteiger partial charge in [-0.05, 0) is 24.7 Å². The van der Waals surface area contributed by atoms with Crippen molar-refractivity contribution in [2.75, 3.05) is 5.75 Å². The van der Waals surface area contributed by atoms with Crippen molar-refractivity contribution in [3.8, 4) is 0 Å². The fourth-order valence-corrected chi connectivity index (χ4v) is 4.34. The zero-order valence-corrected chi connectivity index (χ0v) is 10.9. The van der Waals surface area contributed by atoms with Crippen LogP contribution in [0, 0.1) is 11.3 Å². The Morgan fingerprint density at radius 1 is 1.31 bits per heavy atom. The van der Waals surface area contributed by atoms with Gasteiger partial charge in [-0.2, -0.15) is 0 Å². The maximum Gasteiger partial charge on any atom is 0.240 e. The van der Waals surface area contributed by atoms with Crippen LogP contribution in [0.15, 0.2) is 0 Å². The molecule has 0 spiro atoms. The van der Waals surface area contributed by atoms with Gasteiger partial charge in [-0.3, -0.25) is 4.79 Å². The summed E-state index contributed by atoms with van der Waals surface area (Å²) in [6.45, 7) is 6.10. The molecule has 92 valence electrons. The third-order valence-corrected chi connectivity index (χ3v) is 4.92. The molecule has 1 aliphatic carbocycles. The third kappa shape index (κ3) is 2.24. The Labute approximate surface area is 97.1 Å². The molecule has 2 fully saturated rings. The largest absolute Gasteiger partial charge is 0.273 e. The molecule has 1 unspecified atom stereocenters. The summed E-state index contributed by atoms with van der Waals surface area (Å²) in [5.74, 6) is -0.484. The maximum atomic E-state index is 12.0. The van der Waals surface area contributed by atoms with Gasteiger partial charge in [0.2, 0.25) is 15.9 Å². The Morgan fingerprint density at radius 2 is 1.88 bits per heavy atom. The van der Waals surface area contributed by atoms with Crippen LogP contribution in [0.1, 0.15) is 40.0 Å². The maximum absolute atomic E-state index is 12.0. The molecule has 5 heteroatoms. The van der Waals surface area contributed by atoms with Crippen LogP contribution >= 0.6 is 0 Å². The molecular weight excluding hydrogens is 226 g/mol. The minimum Gasteiger partial charge on any atom is -0.273 e. The number of sulfonamides is 1. The number of nitrogens with zero attached hydrogens (tertiary/aromatic N) is 1. The number of hydrogen-bond acceptors (Lipinski definition) is 3. The smallest absolute Gasteiger partial charge is 0.240 e. The number of amides is 1. The van der Waals surface area contributed by atoms with Crippen molar-refractivity contribution < 1.29 is 13.2 Å². The van der Waals surface area contributed by atoms with Crippen LogP contribution in [0.2, 0.25) is 0 Å². The molecule has 0 radical (unpaired) electrons. The third-order valence-electron chi connectivity index (χ3n) is 3.02. The first-order chi connectivity index (χ1) is 7.21. The van der Waals surface area contributed by atoms with Crippen LogP contribution in [0.25, 0.3) is 0 Å². The zero-order valence-electron chi connectivity index (χ0n) is 10.1. The fourth-order valence-electron chi connectivity index (χ4n) is 2.32. The molecule has 1 saturated carbocycles. The van der Waals surface area contributed by atoms with Crippen LogP contribution in [-0.4, -0.2) is 30.4 Å². The fraction of sp³-hybridized carbons (Fsp3) is 0.909. The first-order valence-electron chi connectivity index (χ1n) is 5.77. The lowest BCUT2D eigenvalue weighted by Gasteiger charge is -2.21. The Balaban J connectivity index is 2.17. The van der Waals surface area contributed by atoms with E-state index in [0.29, 0.717) is 6.42 Å². The number of rotatable bonds is 2. The van der Waals surface area contributed by atoms with Gasteiger partial charge in [-0.25, -0.2) is 12.7 Å². The summed E-state index contributed by atoms with van der Waals surface area (Å²) >= 11 is 0. The zero-order chi connectivity index (χ0) is 12.1. The SMILES string of the molecule is CC(C)(C)CC1CS(=O)(=O)N(C2CC2)C1=O. The number of carbonyl (C=O) groups excluding carboxylic acids is 1. The van der Waals surface area contributed by atoms with Gasteiger partial charge < -0.3 is 0 Å². The van der Waals surface area contributed by atoms with Crippen LogP contribution < -0.4 is 0 Å². The summed E-state index contributed by atoms with van der Waals surface area (Å²) < 4.78 is 24.9. The number of hydrogen-bond donors (Lipinski definition) is 0. The van der Waals surface area contributed by atoms with Gasteiger partial charge in [0.05, 0.1) is 11.7 Å². The highest BCUT2D eigenvalue weighted by molar-refractivity contribution is 7.90. The van der Waals surface area contributed by atoms with E-state index >= 15 is 0 Å². The van der Waals surface area contributed by atoms with Crippen molar-refractivity contribution in [2.45, 2.75) is 46.1 Å². The van der Waals surface area contributed by atoms with Crippen molar-refractivity contribution in [3.63, 3.8) is 0 Å². The van der Waals surface area contributed by atoms with E-state index in [-0.39, 0.29) is 29.0 Å². The van der Waals surface area contributed by atoms with Crippen LogP contribution in [0.5, 0.6) is 0 Å². The molecule has 1 aliphatic heterocycles. The molecule has 16 heavy (non-hydrogen) atoms. The van der Waals surface area contributed by atoms with Crippen molar-refractivity contribution in [2.24, 2.45) is 11.3 Å². The van der Waals surface area contributed by atoms with E-state index in [1.165, 1.54) is 0 Å². The molecule has 1 heterocycles. The molecule has 0 N–H and O–H groups in total. The van der Waals surface area contributed by atoms with E-state index < -0.39 is 10.0 Å². The molecular formula is C11H19NO3S. The molecule has 0 aromatic heterocycles. The standard InChI is InChI=1S/C11H19NO3S/c1-11(2,3)6-8-7-16(14,15)12(10(8)13)9-4-5-9/h8-9H,4-7H2,1-3H3. The normalized spacial score (nSPS) is 29.8. The molecule has 0 aromatic rings. The van der Waals surface area contributed by atoms with Gasteiger partial charge in [0.25, 0.3) is 0 Å². The lowest BCUT2D eigenvalue weighted by molar-refractivity contribution is -0.129. The second-order valence-corrected chi connectivity index (χ2v) is 8.00. The lowest BCUT2D eigenvalue weighted by atomic mass is 9.85. The summed E-state index contributed by atoms with van der Waals surface area (Å²) in [6, 6.07) is -0.0255. The minimum absolute atomic E-state index is 0.00456. The van der Waals surface area contributed by atoms with Gasteiger partial charge in [0, 0.05) is 6.04 Å². The lowest BCUT2D eigenvalue weighted by Crippen LogP contribution is -2.33. The molecule has 1 saturated heterocycles. The van der Waals surface area contributed by atoms with Crippen molar-refractivity contribution in [3.05, 3.63) is 0 Å². The Morgan fingerprint density at radius 3 is 2.31 bits per heavy atom. The highest BCUT2D eigenvalue weighted by Gasteiger charge is 2.50. The van der Waals surface area contributed by atoms with E-state index in [9.17, 15) is 13.2 Å². The minimum atomic E-state index is -3.31. The second kappa shape index (κ2) is 3.45. The molecule has 2 rings (SSSR count). The van der Waals surface area contributed by atoms with E-state index in [2.05, 4.69) is 0 Å². The topological polar surface area (TPSA) is 54.5 Å². The highest BCUT2D eigenvalue weighted by atomic mass is 32.2. The van der Waals surface area contributed by atoms with E-state index in [1.54, 1.807) is 0 Å². The number of carbonyl (C=O) groups is 1. The molecule has 0 aromatic carbocycles. The summed E-state index contributed by atoms with van der Waals surface area (Å²) in [7, 11) is -3.31. The molecule has 4 nitrogen and oxygen atoms in total. The average Bonchev–Trinajstić information content (AvgIpc) is 2.79. The van der Waals surface area contributed by atoms with Crippen LogP contribution in [-0.2, 0) is 14.8 Å². The van der Waals surface area contributed by atoms with Crippen LogP contribution in [0.3, 0.4) is 0 Å². The highest BCUT2D eigenvalue weighted by Crippen LogP contribution is 2.38. The molecule has 2 aliphatic rings. The first kappa shape index (κ1) is 11.9. The average molecular weight is 245 g/mol. The Hall–Kier alpha value is -0.580. The van der Waals surface area contributed by atoms with Gasteiger partial charge in [-0.15, -0.1) is 0 Å². The Kier molecular flexibility index (Phi) is 2.57. The second-order valence-electron chi connectivity index (χ2n) is 6.11. The monoisotopic (exact) mass is 245 g/mol. The Bertz CT molecular complexity index is 403. The van der Waals surface area contributed by atoms with Crippen molar-refractivity contribution >= 4 is 15.9 Å². The first-order valence-corrected chi connectivity index (χ1v) is 7.37. The summed E-state index contributed by atoms with van der Waals surface area (Å²) in [5, 5.41) is 0. The van der Waals surface area contributed by atoms with E-state index in [4.69, 9.17) is 0 Å². The summed E-state index contributed by atoms with van der Waals surface area (Å²) in [6.07, 6.45) is 2.33. The van der Waals surface area contributed by atoms with Crippen molar-refractivity contribution in [1.82, 2.24) is 4.31 Å². The van der Waals surface area contributed by atoms with Gasteiger partial charge in [0.15, 0.2) is 0 Å². The van der Waals surface area contributed by atoms with Crippen LogP contribution in [0.4, 0.5) is 0 Å². The van der Waals surface area contributed by atoms with E-state index in [0.717, 1.165) is 17.1 Å². The van der Waals surface area contributed by atoms with Crippen molar-refractivity contribution in [1.29, 1.82) is 0 Å². The van der Waals surface area contributed by atoms with Gasteiger partial charge >= 0.3 is 0 Å². The summed E-state index contributed by atoms with van der Waals surface area (Å²) in [4.78, 5) is 12.0. The predicted molar refractivity (Wildman–Crippen MR) is 61.2 cm³/mol. The molecule has 1 amide bonds. The van der Waals surface area contributed by atoms with E-state index in [1.807, 2.05) is 20.8 Å². The van der Waals surface area contributed by atoms with Gasteiger partial charge in [0.1, 0.15) is 0 Å². The molecule has 0 bridgehead atoms.